The van der Waals surface area contributed by atoms with E-state index in [1.165, 1.54) is 7.11 Å². The first-order chi connectivity index (χ1) is 16.3. The van der Waals surface area contributed by atoms with Crippen LogP contribution in [0.2, 0.25) is 0 Å². The van der Waals surface area contributed by atoms with Gasteiger partial charge in [-0.3, -0.25) is 19.7 Å². The van der Waals surface area contributed by atoms with E-state index in [0.717, 1.165) is 9.75 Å². The molecule has 1 N–H and O–H groups in total. The highest BCUT2D eigenvalue weighted by Crippen LogP contribution is 2.50. The van der Waals surface area contributed by atoms with Gasteiger partial charge in [-0.25, -0.2) is 0 Å². The van der Waals surface area contributed by atoms with Gasteiger partial charge in [0.1, 0.15) is 5.54 Å². The molecule has 4 atom stereocenters. The molecule has 6 heteroatoms. The number of ketones is 2. The van der Waals surface area contributed by atoms with Gasteiger partial charge in [0.2, 0.25) is 0 Å². The molecule has 0 spiro atoms. The highest BCUT2D eigenvalue weighted by molar-refractivity contribution is 7.12. The van der Waals surface area contributed by atoms with Crippen LogP contribution in [0.15, 0.2) is 72.8 Å². The SMILES string of the molecule is COC(=O)C1(C(C)C)NC(c2ccc(C)s2)C(C(=O)c2ccccc2)C1C(=O)c1ccccc1. The number of hydrogen-bond acceptors (Lipinski definition) is 6. The fraction of sp³-hybridized carbons (Fsp3) is 0.321. The molecule has 0 radical (unpaired) electrons. The number of carbonyl (C=O) groups excluding carboxylic acids is 3. The summed E-state index contributed by atoms with van der Waals surface area (Å²) in [6, 6.07) is 21.3. The molecule has 1 fully saturated rings. The predicted molar refractivity (Wildman–Crippen MR) is 133 cm³/mol. The molecule has 4 unspecified atom stereocenters. The Hall–Kier alpha value is -3.09. The molecule has 1 aromatic heterocycles. The number of benzene rings is 2. The second kappa shape index (κ2) is 9.65. The molecular formula is C28H29NO4S. The minimum atomic E-state index is -1.36. The summed E-state index contributed by atoms with van der Waals surface area (Å²) in [5.74, 6) is -2.97. The minimum absolute atomic E-state index is 0.162. The second-order valence-corrected chi connectivity index (χ2v) is 10.4. The highest BCUT2D eigenvalue weighted by atomic mass is 32.1. The number of aryl methyl sites for hydroxylation is 1. The number of hydrogen-bond donors (Lipinski definition) is 1. The molecular weight excluding hydrogens is 446 g/mol. The smallest absolute Gasteiger partial charge is 0.327 e. The Kier molecular flexibility index (Phi) is 6.82. The molecule has 0 saturated carbocycles. The standard InChI is InChI=1S/C28H29NO4S/c1-17(2)28(27(32)33-4)23(26(31)20-13-9-6-10-14-20)22(25(30)19-11-7-5-8-12-19)24(29-28)21-16-15-18(3)34-21/h5-17,22-24,29H,1-4H3. The van der Waals surface area contributed by atoms with E-state index >= 15 is 0 Å². The predicted octanol–water partition coefficient (Wildman–Crippen LogP) is 5.27. The highest BCUT2D eigenvalue weighted by Gasteiger charge is 2.64. The largest absolute Gasteiger partial charge is 0.468 e. The number of Topliss-reactive ketones (excluding diaryl/α,β-unsaturated/α-hetero) is 2. The first kappa shape index (κ1) is 24.0. The Morgan fingerprint density at radius 2 is 1.44 bits per heavy atom. The van der Waals surface area contributed by atoms with Gasteiger partial charge in [0.05, 0.1) is 25.0 Å². The van der Waals surface area contributed by atoms with E-state index in [2.05, 4.69) is 5.32 Å². The third-order valence-corrected chi connectivity index (χ3v) is 7.89. The molecule has 4 rings (SSSR count). The Balaban J connectivity index is 1.96. The van der Waals surface area contributed by atoms with Crippen molar-refractivity contribution in [3.05, 3.63) is 93.7 Å². The number of thiophene rings is 1. The van der Waals surface area contributed by atoms with Gasteiger partial charge < -0.3 is 4.74 Å². The normalized spacial score (nSPS) is 24.2. The van der Waals surface area contributed by atoms with Crippen LogP contribution in [0.1, 0.15) is 50.4 Å². The zero-order valence-corrected chi connectivity index (χ0v) is 20.6. The lowest BCUT2D eigenvalue weighted by atomic mass is 9.67. The number of nitrogens with one attached hydrogen (secondary N) is 1. The van der Waals surface area contributed by atoms with Crippen LogP contribution in [0.5, 0.6) is 0 Å². The third-order valence-electron chi connectivity index (χ3n) is 6.81. The summed E-state index contributed by atoms with van der Waals surface area (Å²) in [7, 11) is 1.33. The van der Waals surface area contributed by atoms with E-state index in [0.29, 0.717) is 11.1 Å². The van der Waals surface area contributed by atoms with Gasteiger partial charge in [0.25, 0.3) is 0 Å². The number of esters is 1. The zero-order chi connectivity index (χ0) is 24.5. The first-order valence-electron chi connectivity index (χ1n) is 11.4. The van der Waals surface area contributed by atoms with Gasteiger partial charge in [0.15, 0.2) is 11.6 Å². The van der Waals surface area contributed by atoms with Crippen LogP contribution in [-0.4, -0.2) is 30.2 Å². The molecule has 1 aliphatic heterocycles. The van der Waals surface area contributed by atoms with Crippen LogP contribution in [0, 0.1) is 24.7 Å². The van der Waals surface area contributed by atoms with Crippen molar-refractivity contribution >= 4 is 28.9 Å². The fourth-order valence-electron chi connectivity index (χ4n) is 5.15. The molecule has 34 heavy (non-hydrogen) atoms. The van der Waals surface area contributed by atoms with Crippen molar-refractivity contribution in [3.8, 4) is 0 Å². The topological polar surface area (TPSA) is 72.5 Å². The van der Waals surface area contributed by atoms with E-state index in [-0.39, 0.29) is 17.5 Å². The lowest BCUT2D eigenvalue weighted by Crippen LogP contribution is -2.59. The maximum atomic E-state index is 14.1. The maximum absolute atomic E-state index is 14.1. The molecule has 3 aromatic rings. The third kappa shape index (κ3) is 4.01. The van der Waals surface area contributed by atoms with Crippen molar-refractivity contribution in [2.45, 2.75) is 32.4 Å². The molecule has 1 aliphatic rings. The first-order valence-corrected chi connectivity index (χ1v) is 12.2. The lowest BCUT2D eigenvalue weighted by Gasteiger charge is -2.36. The lowest BCUT2D eigenvalue weighted by molar-refractivity contribution is -0.151. The molecule has 1 saturated heterocycles. The number of ether oxygens (including phenoxy) is 1. The number of methoxy groups -OCH3 is 1. The van der Waals surface area contributed by atoms with Gasteiger partial charge in [-0.05, 0) is 25.0 Å². The van der Waals surface area contributed by atoms with Crippen LogP contribution in [0.25, 0.3) is 0 Å². The Labute approximate surface area is 204 Å². The molecule has 5 nitrogen and oxygen atoms in total. The van der Waals surface area contributed by atoms with Gasteiger partial charge in [0, 0.05) is 20.9 Å². The van der Waals surface area contributed by atoms with Gasteiger partial charge in [-0.2, -0.15) is 0 Å². The Morgan fingerprint density at radius 3 is 1.91 bits per heavy atom. The van der Waals surface area contributed by atoms with E-state index < -0.39 is 29.4 Å². The van der Waals surface area contributed by atoms with Crippen LogP contribution in [-0.2, 0) is 9.53 Å². The number of carbonyl (C=O) groups is 3. The van der Waals surface area contributed by atoms with Crippen molar-refractivity contribution in [1.29, 1.82) is 0 Å². The summed E-state index contributed by atoms with van der Waals surface area (Å²) < 4.78 is 5.28. The Bertz CT molecular complexity index is 1190. The van der Waals surface area contributed by atoms with Crippen molar-refractivity contribution in [3.63, 3.8) is 0 Å². The van der Waals surface area contributed by atoms with Crippen LogP contribution < -0.4 is 5.32 Å². The van der Waals surface area contributed by atoms with Crippen molar-refractivity contribution in [2.75, 3.05) is 7.11 Å². The molecule has 0 bridgehead atoms. The van der Waals surface area contributed by atoms with E-state index in [4.69, 9.17) is 4.74 Å². The summed E-state index contributed by atoms with van der Waals surface area (Å²) in [6.07, 6.45) is 0. The van der Waals surface area contributed by atoms with E-state index in [1.807, 2.05) is 57.2 Å². The van der Waals surface area contributed by atoms with Crippen LogP contribution >= 0.6 is 11.3 Å². The molecule has 176 valence electrons. The van der Waals surface area contributed by atoms with Crippen molar-refractivity contribution in [1.82, 2.24) is 5.32 Å². The number of rotatable bonds is 7. The molecule has 2 aromatic carbocycles. The van der Waals surface area contributed by atoms with E-state index in [1.54, 1.807) is 47.7 Å². The van der Waals surface area contributed by atoms with Crippen molar-refractivity contribution < 1.29 is 19.1 Å². The average Bonchev–Trinajstić information content (AvgIpc) is 3.45. The minimum Gasteiger partial charge on any atom is -0.468 e. The van der Waals surface area contributed by atoms with Crippen LogP contribution in [0.3, 0.4) is 0 Å². The zero-order valence-electron chi connectivity index (χ0n) is 19.8. The summed E-state index contributed by atoms with van der Waals surface area (Å²) in [5.41, 5.74) is -0.376. The summed E-state index contributed by atoms with van der Waals surface area (Å²) in [5, 5.41) is 3.48. The summed E-state index contributed by atoms with van der Waals surface area (Å²) >= 11 is 1.56. The van der Waals surface area contributed by atoms with Gasteiger partial charge in [-0.15, -0.1) is 11.3 Å². The quantitative estimate of drug-likeness (QED) is 0.372. The molecule has 2 heterocycles. The second-order valence-electron chi connectivity index (χ2n) is 9.05. The fourth-order valence-corrected chi connectivity index (χ4v) is 6.12. The Morgan fingerprint density at radius 1 is 0.882 bits per heavy atom. The maximum Gasteiger partial charge on any atom is 0.327 e. The van der Waals surface area contributed by atoms with Gasteiger partial charge in [-0.1, -0.05) is 74.5 Å². The molecule has 0 aliphatic carbocycles. The monoisotopic (exact) mass is 475 g/mol. The molecule has 0 amide bonds. The van der Waals surface area contributed by atoms with Crippen LogP contribution in [0.4, 0.5) is 0 Å². The average molecular weight is 476 g/mol. The van der Waals surface area contributed by atoms with Crippen molar-refractivity contribution in [2.24, 2.45) is 17.8 Å². The summed E-state index contributed by atoms with van der Waals surface area (Å²) in [6.45, 7) is 5.78. The van der Waals surface area contributed by atoms with Gasteiger partial charge >= 0.3 is 5.97 Å². The van der Waals surface area contributed by atoms with E-state index in [9.17, 15) is 14.4 Å². The summed E-state index contributed by atoms with van der Waals surface area (Å²) in [4.78, 5) is 43.7.